The summed E-state index contributed by atoms with van der Waals surface area (Å²) in [6.07, 6.45) is 2.11. The molecule has 0 fully saturated rings. The second-order valence-corrected chi connectivity index (χ2v) is 6.91. The van der Waals surface area contributed by atoms with E-state index >= 15 is 0 Å². The van der Waals surface area contributed by atoms with Gasteiger partial charge < -0.3 is 0 Å². The van der Waals surface area contributed by atoms with Crippen LogP contribution in [0.2, 0.25) is 0 Å². The van der Waals surface area contributed by atoms with Crippen molar-refractivity contribution in [3.05, 3.63) is 78.4 Å². The van der Waals surface area contributed by atoms with Crippen molar-refractivity contribution in [2.24, 2.45) is 0 Å². The third-order valence-electron chi connectivity index (χ3n) is 2.42. The van der Waals surface area contributed by atoms with Gasteiger partial charge in [0.2, 0.25) is 0 Å². The molecule has 1 rings (SSSR count). The highest BCUT2D eigenvalue weighted by atomic mass is 28.3. The molecular weight excluding hydrogens is 196 g/mol. The van der Waals surface area contributed by atoms with E-state index in [0.29, 0.717) is 0 Å². The highest BCUT2D eigenvalue weighted by Crippen LogP contribution is 2.12. The maximum atomic E-state index is 3.86. The van der Waals surface area contributed by atoms with Crippen molar-refractivity contribution in [3.8, 4) is 0 Å². The first-order valence-electron chi connectivity index (χ1n) is 4.91. The van der Waals surface area contributed by atoms with Crippen LogP contribution in [0.3, 0.4) is 0 Å². The molecule has 0 heterocycles. The van der Waals surface area contributed by atoms with Gasteiger partial charge in [-0.2, -0.15) is 0 Å². The van der Waals surface area contributed by atoms with Crippen molar-refractivity contribution in [2.75, 3.05) is 0 Å². The van der Waals surface area contributed by atoms with E-state index in [0.717, 1.165) is 0 Å². The lowest BCUT2D eigenvalue weighted by Gasteiger charge is -2.13. The van der Waals surface area contributed by atoms with Crippen LogP contribution in [0, 0.1) is 0 Å². The molecule has 0 spiro atoms. The molecule has 0 aromatic heterocycles. The molecule has 0 atom stereocenters. The van der Waals surface area contributed by atoms with Crippen molar-refractivity contribution in [3.63, 3.8) is 0 Å². The second kappa shape index (κ2) is 5.32. The summed E-state index contributed by atoms with van der Waals surface area (Å²) < 4.78 is 0. The summed E-state index contributed by atoms with van der Waals surface area (Å²) in [5, 5.41) is 0. The Morgan fingerprint density at radius 1 is 0.867 bits per heavy atom. The fourth-order valence-corrected chi connectivity index (χ4v) is 2.65. The molecule has 0 saturated heterocycles. The molecule has 1 aromatic rings. The highest BCUT2D eigenvalue weighted by Gasteiger charge is 2.16. The standard InChI is InChI=1S/C14H16Si/c1-4-15(5-2,6-3)13-12-14-10-8-7-9-11-14/h4-13H,1-3H2. The first kappa shape index (κ1) is 11.5. The zero-order chi connectivity index (χ0) is 11.1. The van der Waals surface area contributed by atoms with E-state index in [1.165, 1.54) is 5.56 Å². The van der Waals surface area contributed by atoms with Crippen LogP contribution >= 0.6 is 0 Å². The van der Waals surface area contributed by atoms with Gasteiger partial charge in [0.15, 0.2) is 0 Å². The third kappa shape index (κ3) is 2.93. The van der Waals surface area contributed by atoms with Crippen LogP contribution in [0.4, 0.5) is 0 Å². The summed E-state index contributed by atoms with van der Waals surface area (Å²) in [5.41, 5.74) is 9.26. The Balaban J connectivity index is 2.93. The lowest BCUT2D eigenvalue weighted by atomic mass is 10.2. The second-order valence-electron chi connectivity index (χ2n) is 3.36. The van der Waals surface area contributed by atoms with E-state index in [1.54, 1.807) is 0 Å². The molecule has 0 unspecified atom stereocenters. The molecular formula is C14H16Si. The van der Waals surface area contributed by atoms with Crippen LogP contribution in [0.25, 0.3) is 6.08 Å². The van der Waals surface area contributed by atoms with E-state index in [9.17, 15) is 0 Å². The summed E-state index contributed by atoms with van der Waals surface area (Å²) in [4.78, 5) is 0. The smallest absolute Gasteiger partial charge is 0.106 e. The number of hydrogen-bond donors (Lipinski definition) is 0. The Hall–Kier alpha value is -1.60. The number of hydrogen-bond acceptors (Lipinski definition) is 0. The van der Waals surface area contributed by atoms with Crippen LogP contribution < -0.4 is 0 Å². The quantitative estimate of drug-likeness (QED) is 0.650. The van der Waals surface area contributed by atoms with Gasteiger partial charge in [0.1, 0.15) is 8.07 Å². The van der Waals surface area contributed by atoms with Gasteiger partial charge in [-0.1, -0.05) is 59.2 Å². The lowest BCUT2D eigenvalue weighted by molar-refractivity contribution is 1.66. The molecule has 76 valence electrons. The van der Waals surface area contributed by atoms with Crippen molar-refractivity contribution in [1.82, 2.24) is 0 Å². The maximum absolute atomic E-state index is 3.86. The Morgan fingerprint density at radius 2 is 1.40 bits per heavy atom. The van der Waals surface area contributed by atoms with E-state index in [2.05, 4.69) is 43.6 Å². The van der Waals surface area contributed by atoms with Gasteiger partial charge in [-0.3, -0.25) is 0 Å². The van der Waals surface area contributed by atoms with E-state index in [4.69, 9.17) is 0 Å². The highest BCUT2D eigenvalue weighted by molar-refractivity contribution is 6.97. The molecule has 1 heteroatoms. The monoisotopic (exact) mass is 212 g/mol. The Bertz CT molecular complexity index is 352. The molecule has 0 nitrogen and oxygen atoms in total. The van der Waals surface area contributed by atoms with E-state index in [-0.39, 0.29) is 0 Å². The van der Waals surface area contributed by atoms with Crippen LogP contribution in [-0.4, -0.2) is 8.07 Å². The summed E-state index contributed by atoms with van der Waals surface area (Å²) in [5.74, 6) is 0. The van der Waals surface area contributed by atoms with Crippen molar-refractivity contribution < 1.29 is 0 Å². The molecule has 15 heavy (non-hydrogen) atoms. The number of benzene rings is 1. The Morgan fingerprint density at radius 3 is 1.87 bits per heavy atom. The van der Waals surface area contributed by atoms with Crippen LogP contribution in [0.15, 0.2) is 72.9 Å². The van der Waals surface area contributed by atoms with E-state index in [1.807, 2.05) is 35.3 Å². The summed E-state index contributed by atoms with van der Waals surface area (Å²) >= 11 is 0. The number of rotatable bonds is 5. The summed E-state index contributed by atoms with van der Waals surface area (Å²) in [6, 6.07) is 10.2. The normalized spacial score (nSPS) is 11.2. The molecule has 0 aliphatic heterocycles. The summed E-state index contributed by atoms with van der Waals surface area (Å²) in [6.45, 7) is 11.6. The predicted molar refractivity (Wildman–Crippen MR) is 71.8 cm³/mol. The largest absolute Gasteiger partial charge is 0.148 e. The van der Waals surface area contributed by atoms with Crippen LogP contribution in [0.5, 0.6) is 0 Å². The molecule has 0 saturated carbocycles. The zero-order valence-corrected chi connectivity index (χ0v) is 9.89. The van der Waals surface area contributed by atoms with Gasteiger partial charge in [-0.05, 0) is 5.56 Å². The zero-order valence-electron chi connectivity index (χ0n) is 8.89. The molecule has 0 N–H and O–H groups in total. The molecule has 0 aliphatic rings. The minimum absolute atomic E-state index is 1.19. The fraction of sp³-hybridized carbons (Fsp3) is 0. The fourth-order valence-electron chi connectivity index (χ4n) is 1.26. The topological polar surface area (TPSA) is 0 Å². The van der Waals surface area contributed by atoms with Gasteiger partial charge in [0.25, 0.3) is 0 Å². The van der Waals surface area contributed by atoms with Crippen molar-refractivity contribution in [1.29, 1.82) is 0 Å². The average molecular weight is 212 g/mol. The van der Waals surface area contributed by atoms with Crippen LogP contribution in [0.1, 0.15) is 5.56 Å². The lowest BCUT2D eigenvalue weighted by Crippen LogP contribution is -2.23. The molecule has 0 radical (unpaired) electrons. The molecule has 1 aromatic carbocycles. The van der Waals surface area contributed by atoms with Gasteiger partial charge >= 0.3 is 0 Å². The third-order valence-corrected chi connectivity index (χ3v) is 5.29. The predicted octanol–water partition coefficient (Wildman–Crippen LogP) is 3.86. The van der Waals surface area contributed by atoms with Crippen molar-refractivity contribution in [2.45, 2.75) is 0 Å². The minimum Gasteiger partial charge on any atom is -0.106 e. The van der Waals surface area contributed by atoms with E-state index < -0.39 is 8.07 Å². The van der Waals surface area contributed by atoms with Crippen molar-refractivity contribution >= 4 is 14.1 Å². The van der Waals surface area contributed by atoms with Gasteiger partial charge in [0, 0.05) is 0 Å². The first-order valence-corrected chi connectivity index (χ1v) is 7.22. The SMILES string of the molecule is C=C[Si](C=C)(C=C)C=Cc1ccccc1. The molecule has 0 aliphatic carbocycles. The molecule has 0 amide bonds. The Labute approximate surface area is 93.0 Å². The van der Waals surface area contributed by atoms with Crippen LogP contribution in [-0.2, 0) is 0 Å². The first-order chi connectivity index (χ1) is 7.26. The van der Waals surface area contributed by atoms with Gasteiger partial charge in [-0.15, -0.1) is 19.7 Å². The van der Waals surface area contributed by atoms with Gasteiger partial charge in [0.05, 0.1) is 0 Å². The minimum atomic E-state index is -1.79. The molecule has 0 bridgehead atoms. The summed E-state index contributed by atoms with van der Waals surface area (Å²) in [7, 11) is -1.79. The Kier molecular flexibility index (Phi) is 4.07. The van der Waals surface area contributed by atoms with Gasteiger partial charge in [-0.25, -0.2) is 0 Å². The average Bonchev–Trinajstić information content (AvgIpc) is 2.33. The maximum Gasteiger partial charge on any atom is 0.148 e.